The van der Waals surface area contributed by atoms with Gasteiger partial charge in [-0.25, -0.2) is 9.18 Å². The fraction of sp³-hybridized carbons (Fsp3) is 0.385. The highest BCUT2D eigenvalue weighted by Crippen LogP contribution is 2.38. The van der Waals surface area contributed by atoms with Crippen LogP contribution in [0.2, 0.25) is 0 Å². The Bertz CT molecular complexity index is 1190. The van der Waals surface area contributed by atoms with Crippen molar-refractivity contribution in [3.8, 4) is 0 Å². The molecule has 2 amide bonds. The molecule has 1 saturated heterocycles. The molecule has 2 unspecified atom stereocenters. The lowest BCUT2D eigenvalue weighted by molar-refractivity contribution is -0.138. The van der Waals surface area contributed by atoms with Crippen LogP contribution in [0.15, 0.2) is 64.7 Å². The van der Waals surface area contributed by atoms with Crippen LogP contribution >= 0.6 is 0 Å². The van der Waals surface area contributed by atoms with E-state index in [2.05, 4.69) is 10.3 Å². The summed E-state index contributed by atoms with van der Waals surface area (Å²) in [5.74, 6) is -0.793. The first-order valence-electron chi connectivity index (χ1n) is 11.6. The van der Waals surface area contributed by atoms with Gasteiger partial charge in [0.05, 0.1) is 23.9 Å². The van der Waals surface area contributed by atoms with Crippen molar-refractivity contribution < 1.29 is 22.4 Å². The molecule has 0 bridgehead atoms. The number of benzene rings is 2. The number of nitrogens with one attached hydrogen (secondary N) is 1. The molecule has 2 atom stereocenters. The van der Waals surface area contributed by atoms with Crippen LogP contribution in [0.5, 0.6) is 0 Å². The first kappa shape index (κ1) is 23.5. The number of amides is 2. The van der Waals surface area contributed by atoms with Crippen molar-refractivity contribution in [1.29, 1.82) is 0 Å². The molecule has 0 saturated carbocycles. The maximum atomic E-state index is 13.7. The molecular weight excluding hydrogens is 460 g/mol. The third-order valence-corrected chi connectivity index (χ3v) is 7.05. The Hall–Kier alpha value is -3.20. The minimum absolute atomic E-state index is 0.208. The average molecular weight is 487 g/mol. The standard InChI is InChI=1S/C26H26F4N4O/c1-33-13-21(19-4-2-3-5-22(19)26(28,29)30)23(15-33)32-25(35)34-11-10-17-12-31-24(20(17)14-34)16-6-8-18(27)9-7-16/h2-9,21,23H,10-15H2,1H3,(H,32,35). The molecule has 0 aromatic heterocycles. The van der Waals surface area contributed by atoms with Gasteiger partial charge in [0.1, 0.15) is 5.82 Å². The number of hydrogen-bond donors (Lipinski definition) is 1. The van der Waals surface area contributed by atoms with Crippen LogP contribution < -0.4 is 5.32 Å². The van der Waals surface area contributed by atoms with Gasteiger partial charge in [0.2, 0.25) is 0 Å². The molecule has 0 aliphatic carbocycles. The lowest BCUT2D eigenvalue weighted by atomic mass is 9.90. The SMILES string of the molecule is CN1CC(NC(=O)N2CCC3=C(C2)C(c2ccc(F)cc2)=NC3)C(c2ccccc2C(F)(F)F)C1. The number of likely N-dealkylation sites (tertiary alicyclic amines) is 1. The van der Waals surface area contributed by atoms with Crippen molar-refractivity contribution >= 4 is 11.7 Å². The van der Waals surface area contributed by atoms with Crippen LogP contribution in [0.1, 0.15) is 29.0 Å². The zero-order chi connectivity index (χ0) is 24.7. The topological polar surface area (TPSA) is 47.9 Å². The molecule has 1 N–H and O–H groups in total. The Labute approximate surface area is 201 Å². The van der Waals surface area contributed by atoms with E-state index < -0.39 is 23.7 Å². The molecule has 184 valence electrons. The van der Waals surface area contributed by atoms with Crippen LogP contribution in [0, 0.1) is 5.82 Å². The molecular formula is C26H26F4N4O. The van der Waals surface area contributed by atoms with Gasteiger partial charge in [0.25, 0.3) is 0 Å². The summed E-state index contributed by atoms with van der Waals surface area (Å²) in [6.07, 6.45) is -3.78. The van der Waals surface area contributed by atoms with E-state index in [1.54, 1.807) is 23.1 Å². The molecule has 3 aliphatic heterocycles. The number of carbonyl (C=O) groups excluding carboxylic acids is 1. The fourth-order valence-corrected chi connectivity index (χ4v) is 5.33. The highest BCUT2D eigenvalue weighted by Gasteiger charge is 2.41. The lowest BCUT2D eigenvalue weighted by Gasteiger charge is -2.31. The van der Waals surface area contributed by atoms with E-state index in [1.165, 1.54) is 29.8 Å². The summed E-state index contributed by atoms with van der Waals surface area (Å²) < 4.78 is 54.3. The van der Waals surface area contributed by atoms with Crippen molar-refractivity contribution in [1.82, 2.24) is 15.1 Å². The Balaban J connectivity index is 1.32. The van der Waals surface area contributed by atoms with E-state index >= 15 is 0 Å². The third kappa shape index (κ3) is 4.69. The molecule has 1 fully saturated rings. The maximum Gasteiger partial charge on any atom is 0.416 e. The van der Waals surface area contributed by atoms with E-state index in [4.69, 9.17) is 0 Å². The van der Waals surface area contributed by atoms with Crippen LogP contribution in [0.4, 0.5) is 22.4 Å². The van der Waals surface area contributed by atoms with Crippen molar-refractivity contribution in [2.45, 2.75) is 24.6 Å². The Morgan fingerprint density at radius 1 is 1.09 bits per heavy atom. The molecule has 3 aliphatic rings. The predicted octanol–water partition coefficient (Wildman–Crippen LogP) is 4.46. The van der Waals surface area contributed by atoms with Crippen LogP contribution in [-0.2, 0) is 6.18 Å². The molecule has 2 aromatic carbocycles. The number of aliphatic imine (C=N–C) groups is 1. The normalized spacial score (nSPS) is 22.9. The Kier molecular flexibility index (Phi) is 6.13. The number of halogens is 4. The van der Waals surface area contributed by atoms with Crippen LogP contribution in [-0.4, -0.2) is 67.4 Å². The zero-order valence-corrected chi connectivity index (χ0v) is 19.3. The molecule has 0 spiro atoms. The number of rotatable bonds is 3. The third-order valence-electron chi connectivity index (χ3n) is 7.05. The minimum atomic E-state index is -4.46. The second-order valence-corrected chi connectivity index (χ2v) is 9.39. The number of urea groups is 1. The molecule has 3 heterocycles. The van der Waals surface area contributed by atoms with Gasteiger partial charge in [-0.3, -0.25) is 4.99 Å². The van der Waals surface area contributed by atoms with Gasteiger partial charge < -0.3 is 15.1 Å². The quantitative estimate of drug-likeness (QED) is 0.652. The van der Waals surface area contributed by atoms with E-state index in [0.717, 1.165) is 22.9 Å². The van der Waals surface area contributed by atoms with Gasteiger partial charge >= 0.3 is 12.2 Å². The largest absolute Gasteiger partial charge is 0.416 e. The van der Waals surface area contributed by atoms with Crippen molar-refractivity contribution in [3.63, 3.8) is 0 Å². The first-order chi connectivity index (χ1) is 16.7. The molecule has 0 radical (unpaired) electrons. The number of hydrogen-bond acceptors (Lipinski definition) is 3. The summed E-state index contributed by atoms with van der Waals surface area (Å²) in [6, 6.07) is 11.0. The van der Waals surface area contributed by atoms with E-state index in [0.29, 0.717) is 39.1 Å². The summed E-state index contributed by atoms with van der Waals surface area (Å²) in [7, 11) is 1.84. The number of likely N-dealkylation sites (N-methyl/N-ethyl adjacent to an activating group) is 1. The second kappa shape index (κ2) is 9.11. The lowest BCUT2D eigenvalue weighted by Crippen LogP contribution is -2.49. The molecule has 35 heavy (non-hydrogen) atoms. The summed E-state index contributed by atoms with van der Waals surface area (Å²) in [5.41, 5.74) is 3.28. The molecule has 9 heteroatoms. The maximum absolute atomic E-state index is 13.7. The summed E-state index contributed by atoms with van der Waals surface area (Å²) in [5, 5.41) is 3.01. The highest BCUT2D eigenvalue weighted by molar-refractivity contribution is 6.15. The smallest absolute Gasteiger partial charge is 0.333 e. The zero-order valence-electron chi connectivity index (χ0n) is 19.3. The molecule has 5 rings (SSSR count). The minimum Gasteiger partial charge on any atom is -0.333 e. The second-order valence-electron chi connectivity index (χ2n) is 9.39. The Morgan fingerprint density at radius 3 is 2.57 bits per heavy atom. The first-order valence-corrected chi connectivity index (χ1v) is 11.6. The predicted molar refractivity (Wildman–Crippen MR) is 125 cm³/mol. The van der Waals surface area contributed by atoms with Gasteiger partial charge in [-0.15, -0.1) is 0 Å². The number of alkyl halides is 3. The summed E-state index contributed by atoms with van der Waals surface area (Å²) >= 11 is 0. The van der Waals surface area contributed by atoms with Gasteiger partial charge in [0.15, 0.2) is 0 Å². The van der Waals surface area contributed by atoms with Crippen molar-refractivity contribution in [3.05, 3.63) is 82.2 Å². The monoisotopic (exact) mass is 486 g/mol. The Morgan fingerprint density at radius 2 is 1.83 bits per heavy atom. The summed E-state index contributed by atoms with van der Waals surface area (Å²) in [4.78, 5) is 21.5. The van der Waals surface area contributed by atoms with Crippen LogP contribution in [0.3, 0.4) is 0 Å². The molecule has 2 aromatic rings. The fourth-order valence-electron chi connectivity index (χ4n) is 5.33. The van der Waals surface area contributed by atoms with Gasteiger partial charge in [-0.2, -0.15) is 13.2 Å². The number of carbonyl (C=O) groups is 1. The van der Waals surface area contributed by atoms with Gasteiger partial charge in [0, 0.05) is 37.7 Å². The van der Waals surface area contributed by atoms with Crippen LogP contribution in [0.25, 0.3) is 0 Å². The number of nitrogens with zero attached hydrogens (tertiary/aromatic N) is 3. The molecule has 5 nitrogen and oxygen atoms in total. The van der Waals surface area contributed by atoms with E-state index in [9.17, 15) is 22.4 Å². The van der Waals surface area contributed by atoms with E-state index in [1.807, 2.05) is 11.9 Å². The van der Waals surface area contributed by atoms with Gasteiger partial charge in [-0.1, -0.05) is 18.2 Å². The highest BCUT2D eigenvalue weighted by atomic mass is 19.4. The van der Waals surface area contributed by atoms with Gasteiger partial charge in [-0.05, 0) is 60.5 Å². The van der Waals surface area contributed by atoms with Crippen molar-refractivity contribution in [2.75, 3.05) is 39.8 Å². The van der Waals surface area contributed by atoms with E-state index in [-0.39, 0.29) is 17.4 Å². The average Bonchev–Trinajstić information content (AvgIpc) is 3.41. The summed E-state index contributed by atoms with van der Waals surface area (Å²) in [6.45, 7) is 2.34. The van der Waals surface area contributed by atoms with Crippen molar-refractivity contribution in [2.24, 2.45) is 4.99 Å².